The molecule has 7 heteroatoms. The molecule has 0 spiro atoms. The van der Waals surface area contributed by atoms with E-state index in [2.05, 4.69) is 10.5 Å². The first-order valence-corrected chi connectivity index (χ1v) is 9.94. The van der Waals surface area contributed by atoms with Crippen molar-refractivity contribution in [2.24, 2.45) is 0 Å². The second-order valence-electron chi connectivity index (χ2n) is 6.39. The molecule has 2 aromatic rings. The maximum atomic E-state index is 12.3. The first-order chi connectivity index (χ1) is 12.2. The molecule has 1 aromatic carbocycles. The van der Waals surface area contributed by atoms with E-state index in [0.29, 0.717) is 12.5 Å². The van der Waals surface area contributed by atoms with Crippen LogP contribution >= 0.6 is 24.2 Å². The number of thioether (sulfide) groups is 1. The van der Waals surface area contributed by atoms with Crippen LogP contribution in [0.5, 0.6) is 0 Å². The molecular weight excluding hydrogens is 370 g/mol. The zero-order chi connectivity index (χ0) is 17.5. The van der Waals surface area contributed by atoms with Gasteiger partial charge in [-0.2, -0.15) is 11.8 Å². The molecule has 0 saturated carbocycles. The summed E-state index contributed by atoms with van der Waals surface area (Å²) in [5.41, 5.74) is 1.92. The molecule has 1 aromatic heterocycles. The van der Waals surface area contributed by atoms with Crippen LogP contribution in [0.4, 0.5) is 0 Å². The Hall–Kier alpha value is -1.50. The van der Waals surface area contributed by atoms with Crippen LogP contribution in [-0.2, 0) is 11.2 Å². The van der Waals surface area contributed by atoms with E-state index in [1.807, 2.05) is 60.1 Å². The number of carbonyl (C=O) groups is 1. The summed E-state index contributed by atoms with van der Waals surface area (Å²) in [6, 6.07) is 12.3. The van der Waals surface area contributed by atoms with Gasteiger partial charge in [0.1, 0.15) is 11.5 Å². The van der Waals surface area contributed by atoms with Crippen molar-refractivity contribution >= 4 is 30.1 Å². The quantitative estimate of drug-likeness (QED) is 0.779. The van der Waals surface area contributed by atoms with Crippen LogP contribution in [0, 0.1) is 0 Å². The molecule has 3 rings (SSSR count). The number of nitrogens with one attached hydrogen (secondary N) is 1. The molecule has 1 aliphatic rings. The highest BCUT2D eigenvalue weighted by Gasteiger charge is 2.19. The lowest BCUT2D eigenvalue weighted by molar-refractivity contribution is -0.130. The largest absolute Gasteiger partial charge is 0.361 e. The van der Waals surface area contributed by atoms with Crippen molar-refractivity contribution in [2.45, 2.75) is 25.3 Å². The molecule has 0 radical (unpaired) electrons. The van der Waals surface area contributed by atoms with Crippen LogP contribution in [0.1, 0.15) is 18.6 Å². The summed E-state index contributed by atoms with van der Waals surface area (Å²) < 4.78 is 5.42. The third-order valence-corrected chi connectivity index (χ3v) is 5.52. The van der Waals surface area contributed by atoms with E-state index in [9.17, 15) is 4.79 Å². The summed E-state index contributed by atoms with van der Waals surface area (Å²) in [7, 11) is 1.88. The SMILES string of the molecule is CN(CCCc1cc(-c2ccccc2)no1)C(=O)CC1CSCCN1.Cl. The normalized spacial score (nSPS) is 16.7. The number of nitrogens with zero attached hydrogens (tertiary/aromatic N) is 2. The highest BCUT2D eigenvalue weighted by molar-refractivity contribution is 7.99. The number of rotatable bonds is 7. The van der Waals surface area contributed by atoms with Crippen LogP contribution in [0.2, 0.25) is 0 Å². The van der Waals surface area contributed by atoms with Crippen molar-refractivity contribution < 1.29 is 9.32 Å². The Morgan fingerprint density at radius 3 is 2.92 bits per heavy atom. The second kappa shape index (κ2) is 10.6. The Kier molecular flexibility index (Phi) is 8.48. The number of halogens is 1. The zero-order valence-electron chi connectivity index (χ0n) is 15.0. The molecule has 1 saturated heterocycles. The predicted octanol–water partition coefficient (Wildman–Crippen LogP) is 3.25. The average molecular weight is 396 g/mol. The fraction of sp³-hybridized carbons (Fsp3) is 0.474. The summed E-state index contributed by atoms with van der Waals surface area (Å²) in [5, 5.41) is 7.54. The minimum Gasteiger partial charge on any atom is -0.361 e. The van der Waals surface area contributed by atoms with E-state index >= 15 is 0 Å². The monoisotopic (exact) mass is 395 g/mol. The topological polar surface area (TPSA) is 58.4 Å². The first kappa shape index (κ1) is 20.8. The van der Waals surface area contributed by atoms with Gasteiger partial charge in [0.25, 0.3) is 0 Å². The summed E-state index contributed by atoms with van der Waals surface area (Å²) in [6.45, 7) is 1.74. The Bertz CT molecular complexity index is 674. The van der Waals surface area contributed by atoms with Gasteiger partial charge in [0, 0.05) is 62.2 Å². The maximum Gasteiger partial charge on any atom is 0.223 e. The lowest BCUT2D eigenvalue weighted by Gasteiger charge is -2.25. The van der Waals surface area contributed by atoms with Crippen LogP contribution in [0.25, 0.3) is 11.3 Å². The standard InChI is InChI=1S/C19H25N3O2S.ClH/c1-22(19(23)12-16-14-25-11-9-20-16)10-5-8-17-13-18(21-24-17)15-6-3-2-4-7-15;/h2-4,6-7,13,16,20H,5,8-12,14H2,1H3;1H. The molecule has 26 heavy (non-hydrogen) atoms. The van der Waals surface area contributed by atoms with Crippen LogP contribution in [0.3, 0.4) is 0 Å². The average Bonchev–Trinajstić information content (AvgIpc) is 3.12. The third kappa shape index (κ3) is 6.04. The van der Waals surface area contributed by atoms with Crippen molar-refractivity contribution in [3.63, 3.8) is 0 Å². The van der Waals surface area contributed by atoms with E-state index in [-0.39, 0.29) is 18.3 Å². The van der Waals surface area contributed by atoms with Gasteiger partial charge in [-0.15, -0.1) is 12.4 Å². The molecule has 0 aliphatic carbocycles. The van der Waals surface area contributed by atoms with Crippen molar-refractivity contribution in [3.8, 4) is 11.3 Å². The Balaban J connectivity index is 0.00000243. The highest BCUT2D eigenvalue weighted by Crippen LogP contribution is 2.19. The fourth-order valence-corrected chi connectivity index (χ4v) is 3.86. The summed E-state index contributed by atoms with van der Waals surface area (Å²) >= 11 is 1.92. The van der Waals surface area contributed by atoms with Gasteiger partial charge in [-0.3, -0.25) is 4.79 Å². The maximum absolute atomic E-state index is 12.3. The minimum atomic E-state index is 0. The predicted molar refractivity (Wildman–Crippen MR) is 109 cm³/mol. The van der Waals surface area contributed by atoms with Gasteiger partial charge in [-0.05, 0) is 6.42 Å². The molecule has 5 nitrogen and oxygen atoms in total. The van der Waals surface area contributed by atoms with Gasteiger partial charge in [0.05, 0.1) is 0 Å². The summed E-state index contributed by atoms with van der Waals surface area (Å²) in [5.74, 6) is 3.25. The van der Waals surface area contributed by atoms with Crippen LogP contribution in [-0.4, -0.2) is 53.6 Å². The van der Waals surface area contributed by atoms with Crippen LogP contribution < -0.4 is 5.32 Å². The molecule has 1 atom stereocenters. The summed E-state index contributed by atoms with van der Waals surface area (Å²) in [6.07, 6.45) is 2.25. The van der Waals surface area contributed by atoms with Crippen molar-refractivity contribution in [3.05, 3.63) is 42.2 Å². The van der Waals surface area contributed by atoms with E-state index < -0.39 is 0 Å². The van der Waals surface area contributed by atoms with Crippen molar-refractivity contribution in [2.75, 3.05) is 31.6 Å². The molecule has 1 aliphatic heterocycles. The number of hydrogen-bond donors (Lipinski definition) is 1. The molecule has 1 unspecified atom stereocenters. The number of aromatic nitrogens is 1. The first-order valence-electron chi connectivity index (χ1n) is 8.78. The summed E-state index contributed by atoms with van der Waals surface area (Å²) in [4.78, 5) is 14.1. The van der Waals surface area contributed by atoms with E-state index in [0.717, 1.165) is 54.5 Å². The molecular formula is C19H26ClN3O2S. The van der Waals surface area contributed by atoms with Gasteiger partial charge >= 0.3 is 0 Å². The second-order valence-corrected chi connectivity index (χ2v) is 7.54. The van der Waals surface area contributed by atoms with Gasteiger partial charge in [-0.25, -0.2) is 0 Å². The van der Waals surface area contributed by atoms with E-state index in [1.165, 1.54) is 0 Å². The molecule has 0 bridgehead atoms. The number of aryl methyl sites for hydroxylation is 1. The Morgan fingerprint density at radius 1 is 1.38 bits per heavy atom. The Morgan fingerprint density at radius 2 is 2.19 bits per heavy atom. The van der Waals surface area contributed by atoms with Gasteiger partial charge in [0.15, 0.2) is 0 Å². The lowest BCUT2D eigenvalue weighted by Crippen LogP contribution is -2.42. The molecule has 142 valence electrons. The Labute approximate surface area is 165 Å². The van der Waals surface area contributed by atoms with E-state index in [4.69, 9.17) is 4.52 Å². The molecule has 2 heterocycles. The lowest BCUT2D eigenvalue weighted by atomic mass is 10.1. The highest BCUT2D eigenvalue weighted by atomic mass is 35.5. The number of amides is 1. The van der Waals surface area contributed by atoms with Gasteiger partial charge in [-0.1, -0.05) is 35.5 Å². The number of carbonyl (C=O) groups excluding carboxylic acids is 1. The molecule has 1 N–H and O–H groups in total. The van der Waals surface area contributed by atoms with Crippen molar-refractivity contribution in [1.82, 2.24) is 15.4 Å². The number of benzene rings is 1. The zero-order valence-corrected chi connectivity index (χ0v) is 16.7. The van der Waals surface area contributed by atoms with Crippen LogP contribution in [0.15, 0.2) is 40.9 Å². The number of hydrogen-bond acceptors (Lipinski definition) is 5. The minimum absolute atomic E-state index is 0. The van der Waals surface area contributed by atoms with E-state index in [1.54, 1.807) is 0 Å². The van der Waals surface area contributed by atoms with Gasteiger partial charge < -0.3 is 14.7 Å². The molecule has 1 amide bonds. The smallest absolute Gasteiger partial charge is 0.223 e. The van der Waals surface area contributed by atoms with Gasteiger partial charge in [0.2, 0.25) is 5.91 Å². The van der Waals surface area contributed by atoms with Crippen molar-refractivity contribution in [1.29, 1.82) is 0 Å². The third-order valence-electron chi connectivity index (χ3n) is 4.39. The molecule has 1 fully saturated rings. The fourth-order valence-electron chi connectivity index (χ4n) is 2.91.